The molecule has 5 nitrogen and oxygen atoms in total. The molecule has 0 aromatic rings. The van der Waals surface area contributed by atoms with Gasteiger partial charge in [-0.1, -0.05) is 12.8 Å². The Balaban J connectivity index is 2.84. The smallest absolute Gasteiger partial charge is 0.329 e. The minimum atomic E-state index is -4.56. The summed E-state index contributed by atoms with van der Waals surface area (Å²) in [7, 11) is -4.08. The van der Waals surface area contributed by atoms with Crippen LogP contribution in [-0.4, -0.2) is 55.9 Å². The van der Waals surface area contributed by atoms with Crippen molar-refractivity contribution in [1.82, 2.24) is 8.61 Å². The standard InChI is InChI=1S/C10H20F3N3O2S/c11-10(12,13)9-16(8-5-14)19(17,18)15-6-3-1-2-4-7-15/h1-9,14H2. The first-order chi connectivity index (χ1) is 8.77. The lowest BCUT2D eigenvalue weighted by molar-refractivity contribution is -0.136. The van der Waals surface area contributed by atoms with Crippen molar-refractivity contribution in [2.45, 2.75) is 31.9 Å². The average molecular weight is 303 g/mol. The summed E-state index contributed by atoms with van der Waals surface area (Å²) in [6, 6.07) is 0. The third-order valence-electron chi connectivity index (χ3n) is 2.95. The monoisotopic (exact) mass is 303 g/mol. The summed E-state index contributed by atoms with van der Waals surface area (Å²) >= 11 is 0. The minimum absolute atomic E-state index is 0.136. The lowest BCUT2D eigenvalue weighted by atomic mass is 10.2. The highest BCUT2D eigenvalue weighted by Gasteiger charge is 2.38. The second kappa shape index (κ2) is 6.87. The molecule has 1 heterocycles. The van der Waals surface area contributed by atoms with Crippen LogP contribution in [0.1, 0.15) is 25.7 Å². The highest BCUT2D eigenvalue weighted by atomic mass is 32.2. The van der Waals surface area contributed by atoms with E-state index < -0.39 is 22.9 Å². The maximum absolute atomic E-state index is 12.4. The van der Waals surface area contributed by atoms with Crippen LogP contribution < -0.4 is 5.73 Å². The minimum Gasteiger partial charge on any atom is -0.329 e. The van der Waals surface area contributed by atoms with Gasteiger partial charge in [-0.15, -0.1) is 0 Å². The van der Waals surface area contributed by atoms with E-state index >= 15 is 0 Å². The van der Waals surface area contributed by atoms with Gasteiger partial charge < -0.3 is 5.73 Å². The van der Waals surface area contributed by atoms with Crippen molar-refractivity contribution in [3.05, 3.63) is 0 Å². The fourth-order valence-electron chi connectivity index (χ4n) is 2.06. The predicted molar refractivity (Wildman–Crippen MR) is 65.6 cm³/mol. The Morgan fingerprint density at radius 2 is 1.63 bits per heavy atom. The molecule has 2 N–H and O–H groups in total. The molecule has 1 saturated heterocycles. The zero-order valence-corrected chi connectivity index (χ0v) is 11.5. The number of nitrogens with zero attached hydrogens (tertiary/aromatic N) is 2. The van der Waals surface area contributed by atoms with Crippen LogP contribution in [0.15, 0.2) is 0 Å². The maximum atomic E-state index is 12.4. The van der Waals surface area contributed by atoms with Gasteiger partial charge in [0, 0.05) is 26.2 Å². The van der Waals surface area contributed by atoms with Gasteiger partial charge >= 0.3 is 6.18 Å². The zero-order valence-electron chi connectivity index (χ0n) is 10.7. The van der Waals surface area contributed by atoms with E-state index in [4.69, 9.17) is 5.73 Å². The van der Waals surface area contributed by atoms with E-state index in [9.17, 15) is 21.6 Å². The molecule has 1 aliphatic rings. The van der Waals surface area contributed by atoms with Crippen LogP contribution in [0, 0.1) is 0 Å². The van der Waals surface area contributed by atoms with E-state index in [0.29, 0.717) is 17.1 Å². The predicted octanol–water partition coefficient (Wildman–Crippen LogP) is 0.930. The molecule has 0 aliphatic carbocycles. The van der Waals surface area contributed by atoms with E-state index in [-0.39, 0.29) is 26.2 Å². The quantitative estimate of drug-likeness (QED) is 0.821. The maximum Gasteiger partial charge on any atom is 0.402 e. The summed E-state index contributed by atoms with van der Waals surface area (Å²) in [5, 5.41) is 0. The van der Waals surface area contributed by atoms with Gasteiger partial charge in [0.25, 0.3) is 10.2 Å². The number of hydrogen-bond acceptors (Lipinski definition) is 3. The molecular weight excluding hydrogens is 283 g/mol. The van der Waals surface area contributed by atoms with Gasteiger partial charge in [-0.25, -0.2) is 0 Å². The molecule has 0 aromatic heterocycles. The Bertz CT molecular complexity index is 365. The first kappa shape index (κ1) is 16.7. The van der Waals surface area contributed by atoms with E-state index in [2.05, 4.69) is 0 Å². The molecule has 19 heavy (non-hydrogen) atoms. The van der Waals surface area contributed by atoms with E-state index in [1.807, 2.05) is 0 Å². The first-order valence-electron chi connectivity index (χ1n) is 6.29. The molecule has 0 aromatic carbocycles. The number of halogens is 3. The lowest BCUT2D eigenvalue weighted by Crippen LogP contribution is -2.49. The van der Waals surface area contributed by atoms with Crippen molar-refractivity contribution in [1.29, 1.82) is 0 Å². The van der Waals surface area contributed by atoms with Crippen molar-refractivity contribution < 1.29 is 21.6 Å². The SMILES string of the molecule is NCCN(CC(F)(F)F)S(=O)(=O)N1CCCCCC1. The molecule has 9 heteroatoms. The third-order valence-corrected chi connectivity index (χ3v) is 4.93. The van der Waals surface area contributed by atoms with Crippen LogP contribution in [0.4, 0.5) is 13.2 Å². The molecule has 0 bridgehead atoms. The van der Waals surface area contributed by atoms with Crippen molar-refractivity contribution in [3.63, 3.8) is 0 Å². The number of nitrogens with two attached hydrogens (primary N) is 1. The first-order valence-corrected chi connectivity index (χ1v) is 7.69. The third kappa shape index (κ3) is 5.25. The molecule has 114 valence electrons. The molecule has 1 fully saturated rings. The number of alkyl halides is 3. The second-order valence-corrected chi connectivity index (χ2v) is 6.49. The molecule has 0 spiro atoms. The van der Waals surface area contributed by atoms with Gasteiger partial charge in [0.1, 0.15) is 6.54 Å². The van der Waals surface area contributed by atoms with Crippen LogP contribution in [0.3, 0.4) is 0 Å². The Morgan fingerprint density at radius 3 is 2.05 bits per heavy atom. The van der Waals surface area contributed by atoms with Crippen LogP contribution in [0.25, 0.3) is 0 Å². The lowest BCUT2D eigenvalue weighted by Gasteiger charge is -2.29. The van der Waals surface area contributed by atoms with Gasteiger partial charge in [-0.05, 0) is 12.8 Å². The highest BCUT2D eigenvalue weighted by molar-refractivity contribution is 7.86. The highest BCUT2D eigenvalue weighted by Crippen LogP contribution is 2.21. The topological polar surface area (TPSA) is 66.6 Å². The van der Waals surface area contributed by atoms with Gasteiger partial charge in [-0.3, -0.25) is 0 Å². The number of rotatable bonds is 5. The second-order valence-electron chi connectivity index (χ2n) is 4.56. The van der Waals surface area contributed by atoms with Crippen molar-refractivity contribution in [3.8, 4) is 0 Å². The molecular formula is C10H20F3N3O2S. The van der Waals surface area contributed by atoms with E-state index in [1.54, 1.807) is 0 Å². The Kier molecular flexibility index (Phi) is 6.03. The number of hydrogen-bond donors (Lipinski definition) is 1. The summed E-state index contributed by atoms with van der Waals surface area (Å²) in [5.41, 5.74) is 5.21. The molecule has 0 unspecified atom stereocenters. The molecule has 0 atom stereocenters. The van der Waals surface area contributed by atoms with Crippen molar-refractivity contribution in [2.24, 2.45) is 5.73 Å². The molecule has 0 amide bonds. The van der Waals surface area contributed by atoms with Crippen LogP contribution >= 0.6 is 0 Å². The summed E-state index contributed by atoms with van der Waals surface area (Å²) < 4.78 is 63.3. The fraction of sp³-hybridized carbons (Fsp3) is 1.00. The molecule has 0 saturated carbocycles. The normalized spacial score (nSPS) is 19.6. The van der Waals surface area contributed by atoms with Crippen LogP contribution in [0.5, 0.6) is 0 Å². The summed E-state index contributed by atoms with van der Waals surface area (Å²) in [4.78, 5) is 0. The van der Waals surface area contributed by atoms with Crippen molar-refractivity contribution >= 4 is 10.2 Å². The fourth-order valence-corrected chi connectivity index (χ4v) is 3.75. The Hall–Kier alpha value is -0.380. The van der Waals surface area contributed by atoms with Crippen molar-refractivity contribution in [2.75, 3.05) is 32.7 Å². The summed E-state index contributed by atoms with van der Waals surface area (Å²) in [6.45, 7) is -1.38. The summed E-state index contributed by atoms with van der Waals surface area (Å²) in [6.07, 6.45) is -1.39. The summed E-state index contributed by atoms with van der Waals surface area (Å²) in [5.74, 6) is 0. The van der Waals surface area contributed by atoms with Gasteiger partial charge in [0.05, 0.1) is 0 Å². The molecule has 0 radical (unpaired) electrons. The van der Waals surface area contributed by atoms with Gasteiger partial charge in [-0.2, -0.15) is 30.2 Å². The van der Waals surface area contributed by atoms with Gasteiger partial charge in [0.2, 0.25) is 0 Å². The average Bonchev–Trinajstić information content (AvgIpc) is 2.55. The molecule has 1 rings (SSSR count). The van der Waals surface area contributed by atoms with E-state index in [0.717, 1.165) is 17.1 Å². The largest absolute Gasteiger partial charge is 0.402 e. The Labute approximate surface area is 111 Å². The molecule has 1 aliphatic heterocycles. The zero-order chi connectivity index (χ0) is 14.5. The van der Waals surface area contributed by atoms with E-state index in [1.165, 1.54) is 0 Å². The Morgan fingerprint density at radius 1 is 1.11 bits per heavy atom. The van der Waals surface area contributed by atoms with Gasteiger partial charge in [0.15, 0.2) is 0 Å². The van der Waals surface area contributed by atoms with Crippen LogP contribution in [0.2, 0.25) is 0 Å². The van der Waals surface area contributed by atoms with Crippen LogP contribution in [-0.2, 0) is 10.2 Å².